The lowest BCUT2D eigenvalue weighted by atomic mass is 9.88. The lowest BCUT2D eigenvalue weighted by Crippen LogP contribution is -2.22. The van der Waals surface area contributed by atoms with Gasteiger partial charge in [-0.15, -0.1) is 0 Å². The average molecular weight is 534 g/mol. The van der Waals surface area contributed by atoms with E-state index in [4.69, 9.17) is 16.3 Å². The van der Waals surface area contributed by atoms with Crippen molar-refractivity contribution in [1.29, 1.82) is 0 Å². The lowest BCUT2D eigenvalue weighted by Gasteiger charge is -2.17. The van der Waals surface area contributed by atoms with E-state index in [9.17, 15) is 9.18 Å². The van der Waals surface area contributed by atoms with E-state index in [1.54, 1.807) is 31.6 Å². The van der Waals surface area contributed by atoms with E-state index in [-0.39, 0.29) is 11.7 Å². The van der Waals surface area contributed by atoms with Crippen LogP contribution in [-0.2, 0) is 4.79 Å². The average Bonchev–Trinajstić information content (AvgIpc) is 3.40. The molecule has 0 bridgehead atoms. The zero-order valence-electron chi connectivity index (χ0n) is 21.2. The molecule has 7 nitrogen and oxygen atoms in total. The van der Waals surface area contributed by atoms with Crippen molar-refractivity contribution < 1.29 is 13.9 Å². The lowest BCUT2D eigenvalue weighted by molar-refractivity contribution is -0.116. The first-order chi connectivity index (χ1) is 18.5. The molecule has 0 aliphatic carbocycles. The first-order valence-electron chi connectivity index (χ1n) is 12.3. The summed E-state index contributed by atoms with van der Waals surface area (Å²) in [7, 11) is 1.59. The number of carbonyl (C=O) groups excluding carboxylic acids is 1. The highest BCUT2D eigenvalue weighted by Gasteiger charge is 2.17. The maximum Gasteiger partial charge on any atom is 0.243 e. The number of likely N-dealkylation sites (N-methyl/N-ethyl adjacent to an activating group) is 1. The molecule has 2 aromatic heterocycles. The van der Waals surface area contributed by atoms with Crippen molar-refractivity contribution in [3.8, 4) is 5.88 Å². The van der Waals surface area contributed by atoms with Gasteiger partial charge in [-0.25, -0.2) is 9.37 Å². The van der Waals surface area contributed by atoms with Crippen molar-refractivity contribution in [1.82, 2.24) is 25.8 Å². The molecule has 4 aromatic rings. The van der Waals surface area contributed by atoms with Crippen LogP contribution in [0.5, 0.6) is 5.88 Å². The van der Waals surface area contributed by atoms with E-state index < -0.39 is 0 Å². The molecular formula is C29H29ClFN5O2. The molecule has 0 radical (unpaired) electrons. The number of rotatable bonds is 11. The van der Waals surface area contributed by atoms with Crippen LogP contribution in [0, 0.1) is 5.82 Å². The Morgan fingerprint density at radius 3 is 2.71 bits per heavy atom. The van der Waals surface area contributed by atoms with Gasteiger partial charge in [0, 0.05) is 49.4 Å². The summed E-state index contributed by atoms with van der Waals surface area (Å²) >= 11 is 6.50. The predicted molar refractivity (Wildman–Crippen MR) is 150 cm³/mol. The van der Waals surface area contributed by atoms with Gasteiger partial charge in [-0.05, 0) is 59.0 Å². The molecule has 38 heavy (non-hydrogen) atoms. The molecule has 2 heterocycles. The Kier molecular flexibility index (Phi) is 9.24. The largest absolute Gasteiger partial charge is 0.476 e. The third kappa shape index (κ3) is 6.65. The topological polar surface area (TPSA) is 91.9 Å². The Balaban J connectivity index is 1.59. The van der Waals surface area contributed by atoms with Crippen LogP contribution >= 0.6 is 11.6 Å². The van der Waals surface area contributed by atoms with Gasteiger partial charge in [0.15, 0.2) is 0 Å². The van der Waals surface area contributed by atoms with Crippen molar-refractivity contribution in [2.75, 3.05) is 26.7 Å². The van der Waals surface area contributed by atoms with Gasteiger partial charge in [0.1, 0.15) is 12.4 Å². The second-order valence-corrected chi connectivity index (χ2v) is 8.86. The number of amides is 1. The number of hydrogen-bond acceptors (Lipinski definition) is 5. The smallest absolute Gasteiger partial charge is 0.243 e. The number of allylic oxidation sites excluding steroid dienone is 1. The van der Waals surface area contributed by atoms with Crippen LogP contribution in [0.4, 0.5) is 4.39 Å². The Hall–Kier alpha value is -4.01. The summed E-state index contributed by atoms with van der Waals surface area (Å²) in [5, 5.41) is 14.2. The molecule has 0 unspecified atom stereocenters. The first kappa shape index (κ1) is 27.0. The van der Waals surface area contributed by atoms with Gasteiger partial charge in [-0.2, -0.15) is 5.10 Å². The fourth-order valence-corrected chi connectivity index (χ4v) is 4.41. The minimum Gasteiger partial charge on any atom is -0.476 e. The number of fused-ring (bicyclic) bond motifs is 1. The zero-order chi connectivity index (χ0) is 26.9. The van der Waals surface area contributed by atoms with E-state index in [1.165, 1.54) is 18.2 Å². The van der Waals surface area contributed by atoms with Crippen molar-refractivity contribution in [2.24, 2.45) is 0 Å². The highest BCUT2D eigenvalue weighted by Crippen LogP contribution is 2.38. The summed E-state index contributed by atoms with van der Waals surface area (Å²) in [6.07, 6.45) is 7.45. The molecule has 0 atom stereocenters. The number of ether oxygens (including phenoxy) is 1. The van der Waals surface area contributed by atoms with Crippen molar-refractivity contribution in [3.05, 3.63) is 101 Å². The summed E-state index contributed by atoms with van der Waals surface area (Å²) in [6.45, 7) is 3.63. The Bertz CT molecular complexity index is 1460. The highest BCUT2D eigenvalue weighted by atomic mass is 35.5. The Labute approximate surface area is 225 Å². The normalized spacial score (nSPS) is 12.1. The van der Waals surface area contributed by atoms with E-state index in [1.807, 2.05) is 31.2 Å². The Morgan fingerprint density at radius 2 is 1.97 bits per heavy atom. The molecule has 0 fully saturated rings. The molecule has 9 heteroatoms. The molecule has 0 saturated carbocycles. The summed E-state index contributed by atoms with van der Waals surface area (Å²) < 4.78 is 19.6. The number of pyridine rings is 1. The monoisotopic (exact) mass is 533 g/mol. The van der Waals surface area contributed by atoms with Crippen LogP contribution < -0.4 is 15.4 Å². The third-order valence-electron chi connectivity index (χ3n) is 5.97. The minimum atomic E-state index is -0.379. The zero-order valence-corrected chi connectivity index (χ0v) is 22.0. The fourth-order valence-electron chi connectivity index (χ4n) is 4.13. The van der Waals surface area contributed by atoms with Crippen LogP contribution in [0.15, 0.2) is 73.1 Å². The molecule has 3 N–H and O–H groups in total. The SMILES string of the molecule is CC/C(=C(/c1ccc(OCCNC/C=C/C(=O)NC)nc1)c1ccc2[nH]ncc2c1)c1ccc(F)cc1Cl. The molecular weight excluding hydrogens is 505 g/mol. The van der Waals surface area contributed by atoms with E-state index in [0.717, 1.165) is 38.7 Å². The molecule has 0 aliphatic rings. The third-order valence-corrected chi connectivity index (χ3v) is 6.28. The summed E-state index contributed by atoms with van der Waals surface area (Å²) in [4.78, 5) is 15.7. The summed E-state index contributed by atoms with van der Waals surface area (Å²) in [6, 6.07) is 14.3. The Morgan fingerprint density at radius 1 is 1.13 bits per heavy atom. The number of hydrogen-bond donors (Lipinski definition) is 3. The van der Waals surface area contributed by atoms with Gasteiger partial charge in [0.25, 0.3) is 0 Å². The van der Waals surface area contributed by atoms with Crippen LogP contribution in [0.3, 0.4) is 0 Å². The van der Waals surface area contributed by atoms with E-state index >= 15 is 0 Å². The predicted octanol–water partition coefficient (Wildman–Crippen LogP) is 5.39. The van der Waals surface area contributed by atoms with E-state index in [2.05, 4.69) is 31.9 Å². The number of aromatic amines is 1. The second kappa shape index (κ2) is 13.0. The highest BCUT2D eigenvalue weighted by molar-refractivity contribution is 6.32. The second-order valence-electron chi connectivity index (χ2n) is 8.46. The standard InChI is InChI=1S/C29H29ClFN5O2/c1-3-23(24-9-8-22(31)16-25(24)30)29(19-6-10-26-21(15-19)18-35-36-26)20-7-11-28(34-17-20)38-14-13-33-12-4-5-27(37)32-2/h4-11,15-18,33H,3,12-14H2,1-2H3,(H,32,37)(H,35,36)/b5-4+,29-23-. The van der Waals surface area contributed by atoms with Crippen molar-refractivity contribution in [3.63, 3.8) is 0 Å². The molecule has 2 aromatic carbocycles. The van der Waals surface area contributed by atoms with Crippen LogP contribution in [0.2, 0.25) is 5.02 Å². The van der Waals surface area contributed by atoms with Gasteiger partial charge in [-0.1, -0.05) is 36.7 Å². The molecule has 0 spiro atoms. The fraction of sp³-hybridized carbons (Fsp3) is 0.207. The van der Waals surface area contributed by atoms with Crippen LogP contribution in [0.1, 0.15) is 30.0 Å². The first-order valence-corrected chi connectivity index (χ1v) is 12.7. The number of benzene rings is 2. The summed E-state index contributed by atoms with van der Waals surface area (Å²) in [5.74, 6) is -0.0203. The maximum absolute atomic E-state index is 13.8. The number of H-pyrrole nitrogens is 1. The van der Waals surface area contributed by atoms with Gasteiger partial charge in [-0.3, -0.25) is 9.89 Å². The number of nitrogens with zero attached hydrogens (tertiary/aromatic N) is 2. The van der Waals surface area contributed by atoms with Gasteiger partial charge in [0.2, 0.25) is 11.8 Å². The van der Waals surface area contributed by atoms with Crippen LogP contribution in [-0.4, -0.2) is 47.8 Å². The number of halogens is 2. The van der Waals surface area contributed by atoms with Gasteiger partial charge < -0.3 is 15.4 Å². The molecule has 0 aliphatic heterocycles. The molecule has 196 valence electrons. The quantitative estimate of drug-likeness (QED) is 0.137. The number of carbonyl (C=O) groups is 1. The maximum atomic E-state index is 13.8. The van der Waals surface area contributed by atoms with Crippen molar-refractivity contribution >= 4 is 39.6 Å². The summed E-state index contributed by atoms with van der Waals surface area (Å²) in [5.41, 5.74) is 5.49. The van der Waals surface area contributed by atoms with Crippen molar-refractivity contribution in [2.45, 2.75) is 13.3 Å². The van der Waals surface area contributed by atoms with Crippen LogP contribution in [0.25, 0.3) is 22.0 Å². The minimum absolute atomic E-state index is 0.140. The van der Waals surface area contributed by atoms with Gasteiger partial charge >= 0.3 is 0 Å². The number of aromatic nitrogens is 3. The van der Waals surface area contributed by atoms with E-state index in [0.29, 0.717) is 37.0 Å². The van der Waals surface area contributed by atoms with Gasteiger partial charge in [0.05, 0.1) is 16.7 Å². The molecule has 1 amide bonds. The number of nitrogens with one attached hydrogen (secondary N) is 3. The molecule has 4 rings (SSSR count). The molecule has 0 saturated heterocycles.